The summed E-state index contributed by atoms with van der Waals surface area (Å²) in [7, 11) is 0. The van der Waals surface area contributed by atoms with Gasteiger partial charge in [0.2, 0.25) is 0 Å². The van der Waals surface area contributed by atoms with Crippen molar-refractivity contribution in [2.75, 3.05) is 5.73 Å². The lowest BCUT2D eigenvalue weighted by Gasteiger charge is -2.01. The fourth-order valence-electron chi connectivity index (χ4n) is 1.73. The first-order valence-electron chi connectivity index (χ1n) is 5.25. The van der Waals surface area contributed by atoms with E-state index >= 15 is 0 Å². The van der Waals surface area contributed by atoms with Crippen molar-refractivity contribution in [3.63, 3.8) is 0 Å². The van der Waals surface area contributed by atoms with Crippen molar-refractivity contribution in [1.29, 1.82) is 0 Å². The highest BCUT2D eigenvalue weighted by atomic mass is 127. The van der Waals surface area contributed by atoms with E-state index in [1.807, 2.05) is 24.3 Å². The van der Waals surface area contributed by atoms with Crippen LogP contribution in [-0.4, -0.2) is 4.98 Å². The number of anilines is 1. The van der Waals surface area contributed by atoms with Gasteiger partial charge >= 0.3 is 0 Å². The molecule has 3 aromatic rings. The van der Waals surface area contributed by atoms with E-state index in [-0.39, 0.29) is 0 Å². The molecule has 90 valence electrons. The number of hydrogen-bond donors (Lipinski definition) is 1. The normalized spacial score (nSPS) is 11.0. The molecule has 1 aromatic heterocycles. The Balaban J connectivity index is 2.22. The van der Waals surface area contributed by atoms with E-state index in [0.29, 0.717) is 0 Å². The lowest BCUT2D eigenvalue weighted by molar-refractivity contribution is 1.47. The number of nitrogens with zero attached hydrogens (tertiary/aromatic N) is 1. The molecule has 0 spiro atoms. The number of thiazole rings is 1. The number of nitrogens with two attached hydrogens (primary N) is 1. The smallest absolute Gasteiger partial charge is 0.126 e. The summed E-state index contributed by atoms with van der Waals surface area (Å²) in [6.45, 7) is 0. The van der Waals surface area contributed by atoms with Crippen LogP contribution < -0.4 is 5.73 Å². The molecule has 0 aliphatic carbocycles. The minimum absolute atomic E-state index is 0.772. The molecule has 0 saturated heterocycles. The van der Waals surface area contributed by atoms with Crippen LogP contribution in [0.1, 0.15) is 0 Å². The molecule has 0 atom stereocenters. The summed E-state index contributed by atoms with van der Waals surface area (Å²) in [5.41, 5.74) is 8.81. The molecule has 0 fully saturated rings. The molecule has 3 rings (SSSR count). The third-order valence-corrected chi connectivity index (χ3v) is 4.83. The molecule has 2 N–H and O–H groups in total. The molecule has 0 bridgehead atoms. The molecule has 0 aliphatic rings. The summed E-state index contributed by atoms with van der Waals surface area (Å²) in [4.78, 5) is 4.65. The summed E-state index contributed by atoms with van der Waals surface area (Å²) in [6, 6.07) is 12.1. The average Bonchev–Trinajstić information content (AvgIpc) is 2.74. The summed E-state index contributed by atoms with van der Waals surface area (Å²) in [5.74, 6) is 0. The number of rotatable bonds is 1. The highest BCUT2D eigenvalue weighted by Crippen LogP contribution is 2.35. The second-order valence-corrected chi connectivity index (χ2v) is 7.05. The monoisotopic (exact) mass is 430 g/mol. The van der Waals surface area contributed by atoms with Crippen LogP contribution in [0.15, 0.2) is 40.9 Å². The second-order valence-electron chi connectivity index (χ2n) is 3.86. The van der Waals surface area contributed by atoms with Crippen LogP contribution in [0, 0.1) is 3.57 Å². The Morgan fingerprint density at radius 3 is 2.83 bits per heavy atom. The van der Waals surface area contributed by atoms with Crippen LogP contribution >= 0.6 is 49.9 Å². The van der Waals surface area contributed by atoms with E-state index in [2.05, 4.69) is 55.6 Å². The standard InChI is InChI=1S/C13H8BrIN2S/c14-7-1-4-12-11(5-7)17-13(18-12)9-6-8(15)2-3-10(9)16/h1-6H,16H2. The highest BCUT2D eigenvalue weighted by molar-refractivity contribution is 14.1. The molecular weight excluding hydrogens is 423 g/mol. The maximum absolute atomic E-state index is 6.03. The summed E-state index contributed by atoms with van der Waals surface area (Å²) >= 11 is 7.42. The zero-order valence-electron chi connectivity index (χ0n) is 9.15. The van der Waals surface area contributed by atoms with E-state index in [1.54, 1.807) is 11.3 Å². The Morgan fingerprint density at radius 1 is 1.17 bits per heavy atom. The van der Waals surface area contributed by atoms with Crippen molar-refractivity contribution < 1.29 is 0 Å². The quantitative estimate of drug-likeness (QED) is 0.440. The van der Waals surface area contributed by atoms with Gasteiger partial charge in [-0.2, -0.15) is 0 Å². The molecule has 0 amide bonds. The van der Waals surface area contributed by atoms with Crippen LogP contribution in [0.3, 0.4) is 0 Å². The SMILES string of the molecule is Nc1ccc(I)cc1-c1nc2cc(Br)ccc2s1. The molecule has 0 radical (unpaired) electrons. The van der Waals surface area contributed by atoms with E-state index in [9.17, 15) is 0 Å². The van der Waals surface area contributed by atoms with Gasteiger partial charge in [0.15, 0.2) is 0 Å². The maximum atomic E-state index is 6.03. The van der Waals surface area contributed by atoms with Gasteiger partial charge in [0.25, 0.3) is 0 Å². The third kappa shape index (κ3) is 2.26. The predicted octanol–water partition coefficient (Wildman–Crippen LogP) is 4.91. The Morgan fingerprint density at radius 2 is 2.00 bits per heavy atom. The summed E-state index contributed by atoms with van der Waals surface area (Å²) in [6.07, 6.45) is 0. The fraction of sp³-hybridized carbons (Fsp3) is 0. The first kappa shape index (κ1) is 12.4. The van der Waals surface area contributed by atoms with Crippen LogP contribution in [0.2, 0.25) is 0 Å². The van der Waals surface area contributed by atoms with Gasteiger partial charge in [0.05, 0.1) is 10.2 Å². The maximum Gasteiger partial charge on any atom is 0.126 e. The molecule has 18 heavy (non-hydrogen) atoms. The number of fused-ring (bicyclic) bond motifs is 1. The Hall–Kier alpha value is -0.660. The van der Waals surface area contributed by atoms with Gasteiger partial charge < -0.3 is 5.73 Å². The first-order valence-corrected chi connectivity index (χ1v) is 7.94. The minimum Gasteiger partial charge on any atom is -0.398 e. The third-order valence-electron chi connectivity index (χ3n) is 2.60. The lowest BCUT2D eigenvalue weighted by atomic mass is 10.2. The Labute approximate surface area is 130 Å². The Kier molecular flexibility index (Phi) is 3.29. The minimum atomic E-state index is 0.772. The van der Waals surface area contributed by atoms with Crippen molar-refractivity contribution in [3.8, 4) is 10.6 Å². The molecule has 2 aromatic carbocycles. The molecular formula is C13H8BrIN2S. The summed E-state index contributed by atoms with van der Waals surface area (Å²) < 4.78 is 3.38. The van der Waals surface area contributed by atoms with Crippen LogP contribution in [-0.2, 0) is 0 Å². The molecule has 0 aliphatic heterocycles. The van der Waals surface area contributed by atoms with Crippen LogP contribution in [0.4, 0.5) is 5.69 Å². The fourth-order valence-corrected chi connectivity index (χ4v) is 3.55. The van der Waals surface area contributed by atoms with Gasteiger partial charge in [-0.1, -0.05) is 15.9 Å². The van der Waals surface area contributed by atoms with Crippen molar-refractivity contribution in [3.05, 3.63) is 44.4 Å². The van der Waals surface area contributed by atoms with Crippen molar-refractivity contribution in [2.45, 2.75) is 0 Å². The second kappa shape index (κ2) is 4.79. The zero-order valence-corrected chi connectivity index (χ0v) is 13.7. The summed E-state index contributed by atoms with van der Waals surface area (Å²) in [5, 5.41) is 0.971. The van der Waals surface area contributed by atoms with E-state index in [1.165, 1.54) is 4.70 Å². The number of halogens is 2. The number of aromatic nitrogens is 1. The van der Waals surface area contributed by atoms with Crippen LogP contribution in [0.5, 0.6) is 0 Å². The van der Waals surface area contributed by atoms with Gasteiger partial charge in [-0.15, -0.1) is 11.3 Å². The van der Waals surface area contributed by atoms with Crippen molar-refractivity contribution in [1.82, 2.24) is 4.98 Å². The van der Waals surface area contributed by atoms with Gasteiger partial charge in [-0.3, -0.25) is 0 Å². The molecule has 1 heterocycles. The number of nitrogen functional groups attached to an aromatic ring is 1. The molecule has 0 unspecified atom stereocenters. The largest absolute Gasteiger partial charge is 0.398 e. The molecule has 5 heteroatoms. The van der Waals surface area contributed by atoms with Gasteiger partial charge in [0.1, 0.15) is 5.01 Å². The molecule has 2 nitrogen and oxygen atoms in total. The van der Waals surface area contributed by atoms with E-state index in [0.717, 1.165) is 29.8 Å². The van der Waals surface area contributed by atoms with Crippen LogP contribution in [0.25, 0.3) is 20.8 Å². The van der Waals surface area contributed by atoms with Gasteiger partial charge in [-0.05, 0) is 59.0 Å². The topological polar surface area (TPSA) is 38.9 Å². The van der Waals surface area contributed by atoms with E-state index < -0.39 is 0 Å². The lowest BCUT2D eigenvalue weighted by Crippen LogP contribution is -1.89. The first-order chi connectivity index (χ1) is 8.63. The van der Waals surface area contributed by atoms with Crippen molar-refractivity contribution in [2.24, 2.45) is 0 Å². The highest BCUT2D eigenvalue weighted by Gasteiger charge is 2.09. The molecule has 0 saturated carbocycles. The number of hydrogen-bond acceptors (Lipinski definition) is 3. The predicted molar refractivity (Wildman–Crippen MR) is 89.9 cm³/mol. The van der Waals surface area contributed by atoms with Crippen molar-refractivity contribution >= 4 is 65.8 Å². The van der Waals surface area contributed by atoms with Gasteiger partial charge in [0, 0.05) is 19.3 Å². The number of benzene rings is 2. The van der Waals surface area contributed by atoms with Gasteiger partial charge in [-0.25, -0.2) is 4.98 Å². The zero-order chi connectivity index (χ0) is 12.7. The van der Waals surface area contributed by atoms with E-state index in [4.69, 9.17) is 5.73 Å². The average molecular weight is 431 g/mol. The Bertz CT molecular complexity index is 739.